The van der Waals surface area contributed by atoms with E-state index in [1.165, 1.54) is 24.4 Å². The molecule has 2 aromatic rings. The van der Waals surface area contributed by atoms with Crippen molar-refractivity contribution in [3.8, 4) is 0 Å². The van der Waals surface area contributed by atoms with Gasteiger partial charge >= 0.3 is 0 Å². The Morgan fingerprint density at radius 3 is 2.33 bits per heavy atom. The van der Waals surface area contributed by atoms with E-state index in [1.807, 2.05) is 6.92 Å². The van der Waals surface area contributed by atoms with E-state index in [4.69, 9.17) is 5.14 Å². The van der Waals surface area contributed by atoms with Crippen LogP contribution in [0.2, 0.25) is 0 Å². The first-order valence-corrected chi connectivity index (χ1v) is 10.00. The van der Waals surface area contributed by atoms with Crippen LogP contribution < -0.4 is 15.8 Å². The van der Waals surface area contributed by atoms with Gasteiger partial charge in [-0.2, -0.15) is 0 Å². The van der Waals surface area contributed by atoms with E-state index in [2.05, 4.69) is 15.6 Å². The van der Waals surface area contributed by atoms with E-state index in [0.29, 0.717) is 25.1 Å². The zero-order valence-corrected chi connectivity index (χ0v) is 15.8. The minimum absolute atomic E-state index is 0.0395. The Bertz CT molecular complexity index is 911. The van der Waals surface area contributed by atoms with Gasteiger partial charge < -0.3 is 10.6 Å². The normalized spacial score (nSPS) is 11.0. The summed E-state index contributed by atoms with van der Waals surface area (Å²) >= 11 is 0. The van der Waals surface area contributed by atoms with Crippen LogP contribution in [0.3, 0.4) is 0 Å². The van der Waals surface area contributed by atoms with Crippen LogP contribution in [-0.4, -0.2) is 38.3 Å². The standard InChI is InChI=1S/C18H22N4O4S/c1-2-9-21-17(23)14-8-11-20-16(12-14)18(24)22-10-7-13-3-5-15(6-4-13)27(19,25)26/h3-6,8,11-12H,2,7,9-10H2,1H3,(H,21,23)(H,22,24)(H2,19,25,26). The number of nitrogens with one attached hydrogen (secondary N) is 2. The Kier molecular flexibility index (Phi) is 7.03. The lowest BCUT2D eigenvalue weighted by molar-refractivity contribution is 0.0949. The van der Waals surface area contributed by atoms with Crippen LogP contribution in [0.25, 0.3) is 0 Å². The van der Waals surface area contributed by atoms with Crippen molar-refractivity contribution in [1.29, 1.82) is 0 Å². The highest BCUT2D eigenvalue weighted by atomic mass is 32.2. The predicted molar refractivity (Wildman–Crippen MR) is 101 cm³/mol. The third-order valence-electron chi connectivity index (χ3n) is 3.74. The molecule has 1 aromatic heterocycles. The molecule has 8 nitrogen and oxygen atoms in total. The van der Waals surface area contributed by atoms with E-state index >= 15 is 0 Å². The number of hydrogen-bond donors (Lipinski definition) is 3. The van der Waals surface area contributed by atoms with Crippen molar-refractivity contribution in [3.05, 3.63) is 59.4 Å². The van der Waals surface area contributed by atoms with Gasteiger partial charge in [-0.05, 0) is 42.7 Å². The Morgan fingerprint density at radius 2 is 1.70 bits per heavy atom. The molecule has 0 unspecified atom stereocenters. The summed E-state index contributed by atoms with van der Waals surface area (Å²) in [4.78, 5) is 28.2. The molecule has 0 fully saturated rings. The largest absolute Gasteiger partial charge is 0.352 e. The fraction of sp³-hybridized carbons (Fsp3) is 0.278. The van der Waals surface area contributed by atoms with Crippen molar-refractivity contribution in [2.45, 2.75) is 24.7 Å². The lowest BCUT2D eigenvalue weighted by Crippen LogP contribution is -2.28. The van der Waals surface area contributed by atoms with Gasteiger partial charge in [-0.1, -0.05) is 19.1 Å². The predicted octanol–water partition coefficient (Wildman–Crippen LogP) is 0.841. The first kappa shape index (κ1) is 20.5. The molecule has 0 saturated carbocycles. The number of rotatable bonds is 8. The second kappa shape index (κ2) is 9.24. The Morgan fingerprint density at radius 1 is 1.04 bits per heavy atom. The summed E-state index contributed by atoms with van der Waals surface area (Å²) < 4.78 is 22.4. The lowest BCUT2D eigenvalue weighted by atomic mass is 10.1. The maximum atomic E-state index is 12.2. The summed E-state index contributed by atoms with van der Waals surface area (Å²) in [6.45, 7) is 2.85. The number of amides is 2. The summed E-state index contributed by atoms with van der Waals surface area (Å²) in [6.07, 6.45) is 2.75. The highest BCUT2D eigenvalue weighted by Crippen LogP contribution is 2.09. The first-order chi connectivity index (χ1) is 12.8. The number of hydrogen-bond acceptors (Lipinski definition) is 5. The molecule has 144 valence electrons. The summed E-state index contributed by atoms with van der Waals surface area (Å²) in [5.74, 6) is -0.635. The van der Waals surface area contributed by atoms with Crippen LogP contribution in [0.15, 0.2) is 47.5 Å². The number of carbonyl (C=O) groups is 2. The Balaban J connectivity index is 1.91. The van der Waals surface area contributed by atoms with E-state index < -0.39 is 10.0 Å². The molecule has 2 rings (SSSR count). The molecule has 0 radical (unpaired) electrons. The zero-order chi connectivity index (χ0) is 19.9. The number of aromatic nitrogens is 1. The smallest absolute Gasteiger partial charge is 0.269 e. The molecule has 0 bridgehead atoms. The third-order valence-corrected chi connectivity index (χ3v) is 4.67. The first-order valence-electron chi connectivity index (χ1n) is 8.45. The molecule has 0 spiro atoms. The summed E-state index contributed by atoms with van der Waals surface area (Å²) in [5, 5.41) is 10.5. The van der Waals surface area contributed by atoms with Crippen LogP contribution in [-0.2, 0) is 16.4 Å². The van der Waals surface area contributed by atoms with Gasteiger partial charge in [0.05, 0.1) is 4.90 Å². The maximum Gasteiger partial charge on any atom is 0.269 e. The van der Waals surface area contributed by atoms with Gasteiger partial charge in [-0.25, -0.2) is 13.6 Å². The highest BCUT2D eigenvalue weighted by Gasteiger charge is 2.11. The molecular formula is C18H22N4O4S. The van der Waals surface area contributed by atoms with E-state index in [-0.39, 0.29) is 22.4 Å². The number of benzene rings is 1. The topological polar surface area (TPSA) is 131 Å². The van der Waals surface area contributed by atoms with Crippen molar-refractivity contribution >= 4 is 21.8 Å². The second-order valence-corrected chi connectivity index (χ2v) is 7.44. The fourth-order valence-electron chi connectivity index (χ4n) is 2.29. The number of nitrogens with two attached hydrogens (primary N) is 1. The summed E-state index contributed by atoms with van der Waals surface area (Å²) in [6, 6.07) is 9.13. The van der Waals surface area contributed by atoms with Crippen molar-refractivity contribution in [2.75, 3.05) is 13.1 Å². The van der Waals surface area contributed by atoms with Crippen LogP contribution in [0.4, 0.5) is 0 Å². The van der Waals surface area contributed by atoms with Gasteiger partial charge in [0.15, 0.2) is 0 Å². The van der Waals surface area contributed by atoms with E-state index in [9.17, 15) is 18.0 Å². The number of sulfonamides is 1. The SMILES string of the molecule is CCCNC(=O)c1ccnc(C(=O)NCCc2ccc(S(N)(=O)=O)cc2)c1. The molecule has 4 N–H and O–H groups in total. The van der Waals surface area contributed by atoms with E-state index in [1.54, 1.807) is 18.2 Å². The van der Waals surface area contributed by atoms with Crippen molar-refractivity contribution in [2.24, 2.45) is 5.14 Å². The van der Waals surface area contributed by atoms with Gasteiger partial charge in [0.1, 0.15) is 5.69 Å². The molecule has 0 aliphatic heterocycles. The number of carbonyl (C=O) groups excluding carboxylic acids is 2. The Labute approximate surface area is 158 Å². The minimum atomic E-state index is -3.72. The monoisotopic (exact) mass is 390 g/mol. The van der Waals surface area contributed by atoms with Crippen LogP contribution >= 0.6 is 0 Å². The molecule has 1 aromatic carbocycles. The average Bonchev–Trinajstić information content (AvgIpc) is 2.65. The molecule has 0 aliphatic carbocycles. The minimum Gasteiger partial charge on any atom is -0.352 e. The van der Waals surface area contributed by atoms with Gasteiger partial charge in [0.25, 0.3) is 11.8 Å². The quantitative estimate of drug-likeness (QED) is 0.615. The third kappa shape index (κ3) is 6.15. The number of nitrogens with zero attached hydrogens (tertiary/aromatic N) is 1. The molecule has 1 heterocycles. The molecule has 2 amide bonds. The zero-order valence-electron chi connectivity index (χ0n) is 14.9. The van der Waals surface area contributed by atoms with Crippen LogP contribution in [0.5, 0.6) is 0 Å². The van der Waals surface area contributed by atoms with Crippen molar-refractivity contribution in [3.63, 3.8) is 0 Å². The van der Waals surface area contributed by atoms with Gasteiger partial charge in [-0.15, -0.1) is 0 Å². The Hall–Kier alpha value is -2.78. The molecular weight excluding hydrogens is 368 g/mol. The summed E-state index contributed by atoms with van der Waals surface area (Å²) in [7, 11) is -3.72. The molecule has 9 heteroatoms. The van der Waals surface area contributed by atoms with E-state index in [0.717, 1.165) is 12.0 Å². The molecule has 0 atom stereocenters. The average molecular weight is 390 g/mol. The van der Waals surface area contributed by atoms with Gasteiger partial charge in [-0.3, -0.25) is 14.6 Å². The highest BCUT2D eigenvalue weighted by molar-refractivity contribution is 7.89. The number of primary sulfonamides is 1. The molecule has 0 saturated heterocycles. The number of pyridine rings is 1. The lowest BCUT2D eigenvalue weighted by Gasteiger charge is -2.07. The van der Waals surface area contributed by atoms with Crippen molar-refractivity contribution in [1.82, 2.24) is 15.6 Å². The second-order valence-electron chi connectivity index (χ2n) is 5.88. The van der Waals surface area contributed by atoms with Crippen LogP contribution in [0.1, 0.15) is 39.8 Å². The molecule has 27 heavy (non-hydrogen) atoms. The van der Waals surface area contributed by atoms with Gasteiger partial charge in [0, 0.05) is 24.8 Å². The van der Waals surface area contributed by atoms with Gasteiger partial charge in [0.2, 0.25) is 10.0 Å². The fourth-order valence-corrected chi connectivity index (χ4v) is 2.81. The molecule has 0 aliphatic rings. The maximum absolute atomic E-state index is 12.2. The summed E-state index contributed by atoms with van der Waals surface area (Å²) in [5.41, 5.74) is 1.38. The van der Waals surface area contributed by atoms with Crippen molar-refractivity contribution < 1.29 is 18.0 Å². The van der Waals surface area contributed by atoms with Crippen LogP contribution in [0, 0.1) is 0 Å².